The Morgan fingerprint density at radius 3 is 2.71 bits per heavy atom. The zero-order valence-electron chi connectivity index (χ0n) is 9.41. The Morgan fingerprint density at radius 2 is 2.00 bits per heavy atom. The molecule has 0 radical (unpaired) electrons. The lowest BCUT2D eigenvalue weighted by atomic mass is 9.82. The first-order chi connectivity index (χ1) is 8.31. The largest absolute Gasteiger partial charge is 0.300 e. The fraction of sp³-hybridized carbons (Fsp3) is 0.308. The molecule has 1 fully saturated rings. The molecule has 4 nitrogen and oxygen atoms in total. The van der Waals surface area contributed by atoms with Crippen LogP contribution in [0.4, 0.5) is 0 Å². The minimum absolute atomic E-state index is 0.298. The number of carbonyl (C=O) groups excluding carboxylic acids is 1. The monoisotopic (exact) mass is 227 g/mol. The van der Waals surface area contributed by atoms with Crippen LogP contribution in [0.25, 0.3) is 0 Å². The molecule has 1 saturated carbocycles. The summed E-state index contributed by atoms with van der Waals surface area (Å²) in [6.45, 7) is 0.731. The van der Waals surface area contributed by atoms with Crippen molar-refractivity contribution < 1.29 is 4.79 Å². The predicted octanol–water partition coefficient (Wildman–Crippen LogP) is 1.77. The molecule has 0 N–H and O–H groups in total. The molecule has 3 rings (SSSR count). The Hall–Kier alpha value is -1.97. The van der Waals surface area contributed by atoms with Gasteiger partial charge in [0.15, 0.2) is 0 Å². The summed E-state index contributed by atoms with van der Waals surface area (Å²) in [7, 11) is 0. The smallest absolute Gasteiger partial charge is 0.134 e. The van der Waals surface area contributed by atoms with Crippen LogP contribution in [-0.4, -0.2) is 20.8 Å². The van der Waals surface area contributed by atoms with Crippen LogP contribution in [0.3, 0.4) is 0 Å². The van der Waals surface area contributed by atoms with E-state index in [2.05, 4.69) is 22.4 Å². The second-order valence-electron chi connectivity index (χ2n) is 4.47. The molecule has 4 heteroatoms. The number of rotatable bonds is 3. The van der Waals surface area contributed by atoms with Crippen LogP contribution in [0, 0.1) is 0 Å². The summed E-state index contributed by atoms with van der Waals surface area (Å²) in [5.41, 5.74) is 2.15. The quantitative estimate of drug-likeness (QED) is 0.803. The topological polar surface area (TPSA) is 47.8 Å². The Labute approximate surface area is 99.3 Å². The van der Waals surface area contributed by atoms with Crippen molar-refractivity contribution in [1.82, 2.24) is 15.0 Å². The van der Waals surface area contributed by atoms with Gasteiger partial charge in [-0.2, -0.15) is 0 Å². The lowest BCUT2D eigenvalue weighted by Gasteiger charge is -2.20. The molecule has 1 aliphatic carbocycles. The van der Waals surface area contributed by atoms with Gasteiger partial charge in [0.1, 0.15) is 5.78 Å². The van der Waals surface area contributed by atoms with Gasteiger partial charge in [0.25, 0.3) is 0 Å². The maximum absolute atomic E-state index is 10.9. The molecule has 1 aromatic heterocycles. The third-order valence-corrected chi connectivity index (χ3v) is 3.11. The van der Waals surface area contributed by atoms with Crippen molar-refractivity contribution in [2.75, 3.05) is 0 Å². The zero-order chi connectivity index (χ0) is 11.7. The van der Waals surface area contributed by atoms with Gasteiger partial charge in [-0.3, -0.25) is 4.79 Å². The summed E-state index contributed by atoms with van der Waals surface area (Å²) in [5.74, 6) is 0.625. The number of benzene rings is 1. The number of ketones is 1. The number of hydrogen-bond acceptors (Lipinski definition) is 3. The molecular weight excluding hydrogens is 214 g/mol. The van der Waals surface area contributed by atoms with Crippen molar-refractivity contribution >= 4 is 5.78 Å². The Balaban J connectivity index is 1.71. The second-order valence-corrected chi connectivity index (χ2v) is 4.47. The van der Waals surface area contributed by atoms with Crippen LogP contribution < -0.4 is 0 Å². The lowest BCUT2D eigenvalue weighted by Crippen LogP contribution is -2.21. The highest BCUT2D eigenvalue weighted by Crippen LogP contribution is 2.31. The molecule has 0 unspecified atom stereocenters. The van der Waals surface area contributed by atoms with E-state index in [1.807, 2.05) is 29.1 Å². The fourth-order valence-corrected chi connectivity index (χ4v) is 2.05. The van der Waals surface area contributed by atoms with Crippen molar-refractivity contribution in [3.05, 3.63) is 47.8 Å². The molecule has 0 bridgehead atoms. The number of carbonyl (C=O) groups is 1. The predicted molar refractivity (Wildman–Crippen MR) is 62.5 cm³/mol. The second kappa shape index (κ2) is 4.13. The van der Waals surface area contributed by atoms with Crippen LogP contribution in [0.15, 0.2) is 36.5 Å². The summed E-state index contributed by atoms with van der Waals surface area (Å²) in [6, 6.07) is 10.1. The zero-order valence-corrected chi connectivity index (χ0v) is 9.41. The van der Waals surface area contributed by atoms with E-state index in [9.17, 15) is 4.79 Å². The van der Waals surface area contributed by atoms with Gasteiger partial charge in [-0.15, -0.1) is 5.10 Å². The molecule has 86 valence electrons. The van der Waals surface area contributed by atoms with E-state index in [0.717, 1.165) is 12.2 Å². The average Bonchev–Trinajstić information content (AvgIpc) is 2.74. The SMILES string of the molecule is O=C1CC(c2cn(Cc3ccccc3)nn2)C1. The third kappa shape index (κ3) is 2.11. The van der Waals surface area contributed by atoms with Gasteiger partial charge >= 0.3 is 0 Å². The Kier molecular flexibility index (Phi) is 2.48. The summed E-state index contributed by atoms with van der Waals surface area (Å²) < 4.78 is 1.83. The normalized spacial score (nSPS) is 15.9. The number of aromatic nitrogens is 3. The Morgan fingerprint density at radius 1 is 1.24 bits per heavy atom. The third-order valence-electron chi connectivity index (χ3n) is 3.11. The Bertz CT molecular complexity index is 525. The van der Waals surface area contributed by atoms with Crippen molar-refractivity contribution in [2.24, 2.45) is 0 Å². The van der Waals surface area contributed by atoms with E-state index in [0.29, 0.717) is 24.5 Å². The van der Waals surface area contributed by atoms with E-state index in [1.165, 1.54) is 5.56 Å². The summed E-state index contributed by atoms with van der Waals surface area (Å²) >= 11 is 0. The van der Waals surface area contributed by atoms with Gasteiger partial charge in [-0.25, -0.2) is 4.68 Å². The first kappa shape index (κ1) is 10.2. The van der Waals surface area contributed by atoms with Crippen LogP contribution in [0.5, 0.6) is 0 Å². The van der Waals surface area contributed by atoms with Crippen molar-refractivity contribution in [3.63, 3.8) is 0 Å². The fourth-order valence-electron chi connectivity index (χ4n) is 2.05. The van der Waals surface area contributed by atoms with Crippen LogP contribution in [0.2, 0.25) is 0 Å². The maximum atomic E-state index is 10.9. The molecule has 0 aliphatic heterocycles. The minimum atomic E-state index is 0.298. The molecule has 1 heterocycles. The van der Waals surface area contributed by atoms with E-state index in [-0.39, 0.29) is 0 Å². The first-order valence-electron chi connectivity index (χ1n) is 5.77. The first-order valence-corrected chi connectivity index (χ1v) is 5.77. The molecule has 1 aromatic carbocycles. The van der Waals surface area contributed by atoms with Gasteiger partial charge in [0.05, 0.1) is 12.2 Å². The standard InChI is InChI=1S/C13H13N3O/c17-12-6-11(7-12)13-9-16(15-14-13)8-10-4-2-1-3-5-10/h1-5,9,11H,6-8H2. The lowest BCUT2D eigenvalue weighted by molar-refractivity contribution is -0.124. The van der Waals surface area contributed by atoms with E-state index >= 15 is 0 Å². The average molecular weight is 227 g/mol. The van der Waals surface area contributed by atoms with Gasteiger partial charge in [-0.05, 0) is 5.56 Å². The van der Waals surface area contributed by atoms with Gasteiger partial charge in [-0.1, -0.05) is 35.5 Å². The molecule has 1 aliphatic rings. The summed E-state index contributed by atoms with van der Waals surface area (Å²) in [5, 5.41) is 8.22. The molecule has 0 spiro atoms. The van der Waals surface area contributed by atoms with Gasteiger partial charge < -0.3 is 0 Å². The van der Waals surface area contributed by atoms with Gasteiger partial charge in [0, 0.05) is 25.0 Å². The highest BCUT2D eigenvalue weighted by molar-refractivity contribution is 5.86. The van der Waals surface area contributed by atoms with Crippen molar-refractivity contribution in [3.8, 4) is 0 Å². The van der Waals surface area contributed by atoms with Crippen LogP contribution in [-0.2, 0) is 11.3 Å². The highest BCUT2D eigenvalue weighted by atomic mass is 16.1. The summed E-state index contributed by atoms with van der Waals surface area (Å²) in [4.78, 5) is 10.9. The van der Waals surface area contributed by atoms with E-state index in [1.54, 1.807) is 0 Å². The van der Waals surface area contributed by atoms with Gasteiger partial charge in [0.2, 0.25) is 0 Å². The minimum Gasteiger partial charge on any atom is -0.300 e. The van der Waals surface area contributed by atoms with Crippen molar-refractivity contribution in [1.29, 1.82) is 0 Å². The van der Waals surface area contributed by atoms with Crippen LogP contribution >= 0.6 is 0 Å². The van der Waals surface area contributed by atoms with Crippen LogP contribution in [0.1, 0.15) is 30.0 Å². The van der Waals surface area contributed by atoms with E-state index < -0.39 is 0 Å². The molecule has 17 heavy (non-hydrogen) atoms. The highest BCUT2D eigenvalue weighted by Gasteiger charge is 2.30. The van der Waals surface area contributed by atoms with Crippen molar-refractivity contribution in [2.45, 2.75) is 25.3 Å². The number of hydrogen-bond donors (Lipinski definition) is 0. The maximum Gasteiger partial charge on any atom is 0.134 e. The molecule has 2 aromatic rings. The summed E-state index contributed by atoms with van der Waals surface area (Å²) in [6.07, 6.45) is 3.21. The van der Waals surface area contributed by atoms with E-state index in [4.69, 9.17) is 0 Å². The molecular formula is C13H13N3O. The number of Topliss-reactive ketones (excluding diaryl/α,β-unsaturated/α-hetero) is 1. The molecule has 0 atom stereocenters. The number of nitrogens with zero attached hydrogens (tertiary/aromatic N) is 3. The molecule has 0 saturated heterocycles. The molecule has 0 amide bonds.